The predicted molar refractivity (Wildman–Crippen MR) is 120 cm³/mol. The summed E-state index contributed by atoms with van der Waals surface area (Å²) < 4.78 is 15.7. The summed E-state index contributed by atoms with van der Waals surface area (Å²) in [5.74, 6) is 0.653. The molecule has 3 aromatic rings. The third-order valence-corrected chi connectivity index (χ3v) is 6.79. The molecule has 3 fully saturated rings. The van der Waals surface area contributed by atoms with E-state index in [0.29, 0.717) is 25.6 Å². The number of nitrogens with zero attached hydrogens (tertiary/aromatic N) is 4. The Bertz CT molecular complexity index is 1100. The second kappa shape index (κ2) is 8.12. The molecule has 1 aromatic heterocycles. The molecule has 32 heavy (non-hydrogen) atoms. The minimum Gasteiger partial charge on any atom is -0.385 e. The van der Waals surface area contributed by atoms with Gasteiger partial charge in [-0.2, -0.15) is 0 Å². The zero-order chi connectivity index (χ0) is 21.5. The molecule has 8 nitrogen and oxygen atoms in total. The average Bonchev–Trinajstić information content (AvgIpc) is 3.24. The summed E-state index contributed by atoms with van der Waals surface area (Å²) in [6.45, 7) is 7.68. The van der Waals surface area contributed by atoms with E-state index in [1.807, 2.05) is 12.1 Å². The lowest BCUT2D eigenvalue weighted by Crippen LogP contribution is -2.53. The molecule has 0 unspecified atom stereocenters. The monoisotopic (exact) mass is 436 g/mol. The molecule has 0 bridgehead atoms. The van der Waals surface area contributed by atoms with Crippen molar-refractivity contribution in [2.75, 3.05) is 64.1 Å². The van der Waals surface area contributed by atoms with Gasteiger partial charge in [-0.15, -0.1) is 0 Å². The van der Waals surface area contributed by atoms with Crippen LogP contribution < -0.4 is 4.90 Å². The minimum absolute atomic E-state index is 0.401. The SMILES string of the molecule is OC1(Cc2cccc(-c3cc(N4CC(CN5CCOCC5)C4)c4nonc4c3)c2)COC1. The van der Waals surface area contributed by atoms with Crippen LogP contribution in [0.15, 0.2) is 41.0 Å². The van der Waals surface area contributed by atoms with Crippen LogP contribution in [0.4, 0.5) is 5.69 Å². The molecule has 0 saturated carbocycles. The fourth-order valence-electron chi connectivity index (χ4n) is 4.99. The van der Waals surface area contributed by atoms with Gasteiger partial charge < -0.3 is 19.5 Å². The summed E-state index contributed by atoms with van der Waals surface area (Å²) in [5, 5.41) is 18.8. The van der Waals surface area contributed by atoms with Gasteiger partial charge in [0.1, 0.15) is 11.1 Å². The van der Waals surface area contributed by atoms with Crippen LogP contribution in [0.1, 0.15) is 5.56 Å². The Morgan fingerprint density at radius 3 is 2.62 bits per heavy atom. The number of aromatic nitrogens is 2. The van der Waals surface area contributed by atoms with Crippen LogP contribution >= 0.6 is 0 Å². The lowest BCUT2D eigenvalue weighted by Gasteiger charge is -2.43. The molecule has 6 rings (SSSR count). The summed E-state index contributed by atoms with van der Waals surface area (Å²) in [5.41, 5.74) is 5.20. The van der Waals surface area contributed by atoms with Crippen LogP contribution in [-0.4, -0.2) is 85.1 Å². The van der Waals surface area contributed by atoms with E-state index in [1.165, 1.54) is 0 Å². The fourth-order valence-corrected chi connectivity index (χ4v) is 4.99. The van der Waals surface area contributed by atoms with E-state index in [9.17, 15) is 5.11 Å². The average molecular weight is 437 g/mol. The number of ether oxygens (including phenoxy) is 2. The molecule has 3 saturated heterocycles. The summed E-state index contributed by atoms with van der Waals surface area (Å²) in [4.78, 5) is 4.88. The van der Waals surface area contributed by atoms with Gasteiger partial charge in [0, 0.05) is 45.1 Å². The van der Waals surface area contributed by atoms with Crippen molar-refractivity contribution in [2.24, 2.45) is 5.92 Å². The minimum atomic E-state index is -0.739. The van der Waals surface area contributed by atoms with Gasteiger partial charge in [-0.1, -0.05) is 24.3 Å². The van der Waals surface area contributed by atoms with Gasteiger partial charge >= 0.3 is 0 Å². The summed E-state index contributed by atoms with van der Waals surface area (Å²) >= 11 is 0. The Morgan fingerprint density at radius 1 is 1.00 bits per heavy atom. The van der Waals surface area contributed by atoms with E-state index in [4.69, 9.17) is 14.1 Å². The van der Waals surface area contributed by atoms with Crippen LogP contribution in [-0.2, 0) is 15.9 Å². The summed E-state index contributed by atoms with van der Waals surface area (Å²) in [6, 6.07) is 12.6. The van der Waals surface area contributed by atoms with Crippen molar-refractivity contribution >= 4 is 16.7 Å². The van der Waals surface area contributed by atoms with Gasteiger partial charge in [-0.3, -0.25) is 4.90 Å². The quantitative estimate of drug-likeness (QED) is 0.628. The summed E-state index contributed by atoms with van der Waals surface area (Å²) in [6.07, 6.45) is 0.594. The van der Waals surface area contributed by atoms with Gasteiger partial charge in [0.2, 0.25) is 0 Å². The number of anilines is 1. The molecule has 0 atom stereocenters. The largest absolute Gasteiger partial charge is 0.385 e. The van der Waals surface area contributed by atoms with Crippen molar-refractivity contribution in [3.63, 3.8) is 0 Å². The van der Waals surface area contributed by atoms with E-state index >= 15 is 0 Å². The van der Waals surface area contributed by atoms with E-state index in [1.54, 1.807) is 0 Å². The molecule has 4 heterocycles. The number of aliphatic hydroxyl groups is 1. The highest BCUT2D eigenvalue weighted by Crippen LogP contribution is 2.36. The van der Waals surface area contributed by atoms with Crippen LogP contribution in [0.25, 0.3) is 22.2 Å². The van der Waals surface area contributed by atoms with E-state index < -0.39 is 5.60 Å². The zero-order valence-corrected chi connectivity index (χ0v) is 18.1. The lowest BCUT2D eigenvalue weighted by atomic mass is 9.91. The van der Waals surface area contributed by atoms with Crippen molar-refractivity contribution in [1.82, 2.24) is 15.2 Å². The Hall–Kier alpha value is -2.52. The number of morpholine rings is 1. The number of benzene rings is 2. The zero-order valence-electron chi connectivity index (χ0n) is 18.1. The topological polar surface area (TPSA) is 84.1 Å². The smallest absolute Gasteiger partial charge is 0.158 e. The Kier molecular flexibility index (Phi) is 5.10. The molecule has 3 aliphatic rings. The first-order chi connectivity index (χ1) is 15.7. The van der Waals surface area contributed by atoms with Gasteiger partial charge in [-0.05, 0) is 39.1 Å². The highest BCUT2D eigenvalue weighted by Gasteiger charge is 2.36. The number of hydrogen-bond donors (Lipinski definition) is 1. The van der Waals surface area contributed by atoms with E-state index in [0.717, 1.165) is 79.3 Å². The van der Waals surface area contributed by atoms with Gasteiger partial charge in [0.25, 0.3) is 0 Å². The standard InChI is InChI=1S/C24H28N4O4/c29-24(15-31-16-24)11-17-2-1-3-19(8-17)20-9-21-23(26-32-25-21)22(10-20)28-13-18(14-28)12-27-4-6-30-7-5-27/h1-3,8-10,18,29H,4-7,11-16H2. The fraction of sp³-hybridized carbons (Fsp3) is 0.500. The lowest BCUT2D eigenvalue weighted by molar-refractivity contribution is -0.176. The van der Waals surface area contributed by atoms with Crippen molar-refractivity contribution in [1.29, 1.82) is 0 Å². The normalized spacial score (nSPS) is 21.5. The molecule has 0 radical (unpaired) electrons. The summed E-state index contributed by atoms with van der Waals surface area (Å²) in [7, 11) is 0. The molecule has 0 spiro atoms. The first kappa shape index (κ1) is 20.1. The van der Waals surface area contributed by atoms with Crippen LogP contribution in [0, 0.1) is 5.92 Å². The number of fused-ring (bicyclic) bond motifs is 1. The maximum Gasteiger partial charge on any atom is 0.158 e. The molecular formula is C24H28N4O4. The Morgan fingerprint density at radius 2 is 1.84 bits per heavy atom. The highest BCUT2D eigenvalue weighted by molar-refractivity contribution is 5.93. The molecule has 0 aliphatic carbocycles. The first-order valence-electron chi connectivity index (χ1n) is 11.4. The number of rotatable bonds is 6. The predicted octanol–water partition coefficient (Wildman–Crippen LogP) is 1.96. The molecule has 0 amide bonds. The van der Waals surface area contributed by atoms with Gasteiger partial charge in [0.15, 0.2) is 5.52 Å². The Balaban J connectivity index is 1.22. The molecule has 168 valence electrons. The Labute approximate surface area is 186 Å². The third-order valence-electron chi connectivity index (χ3n) is 6.79. The van der Waals surface area contributed by atoms with Crippen LogP contribution in [0.5, 0.6) is 0 Å². The van der Waals surface area contributed by atoms with Crippen LogP contribution in [0.2, 0.25) is 0 Å². The number of hydrogen-bond acceptors (Lipinski definition) is 8. The van der Waals surface area contributed by atoms with E-state index in [-0.39, 0.29) is 0 Å². The maximum absolute atomic E-state index is 10.5. The van der Waals surface area contributed by atoms with Gasteiger partial charge in [-0.25, -0.2) is 4.63 Å². The second-order valence-electron chi connectivity index (χ2n) is 9.41. The third kappa shape index (κ3) is 3.88. The van der Waals surface area contributed by atoms with Crippen molar-refractivity contribution in [3.8, 4) is 11.1 Å². The molecular weight excluding hydrogens is 408 g/mol. The molecule has 3 aliphatic heterocycles. The first-order valence-corrected chi connectivity index (χ1v) is 11.4. The molecule has 2 aromatic carbocycles. The van der Waals surface area contributed by atoms with Gasteiger partial charge in [0.05, 0.1) is 32.1 Å². The highest BCUT2D eigenvalue weighted by atomic mass is 16.6. The van der Waals surface area contributed by atoms with Crippen molar-refractivity contribution in [2.45, 2.75) is 12.0 Å². The second-order valence-corrected chi connectivity index (χ2v) is 9.41. The molecule has 1 N–H and O–H groups in total. The van der Waals surface area contributed by atoms with E-state index in [2.05, 4.69) is 44.4 Å². The van der Waals surface area contributed by atoms with Crippen molar-refractivity contribution < 1.29 is 19.2 Å². The van der Waals surface area contributed by atoms with Crippen molar-refractivity contribution in [3.05, 3.63) is 42.0 Å². The van der Waals surface area contributed by atoms with Crippen LogP contribution in [0.3, 0.4) is 0 Å². The molecule has 8 heteroatoms. The maximum atomic E-state index is 10.5.